The molecular formula is C15H12BFO6S. The maximum Gasteiger partial charge on any atom is 0.491 e. The van der Waals surface area contributed by atoms with E-state index in [-0.39, 0.29) is 28.3 Å². The predicted molar refractivity (Wildman–Crippen MR) is 83.3 cm³/mol. The maximum atomic E-state index is 12.9. The molecule has 0 radical (unpaired) electrons. The van der Waals surface area contributed by atoms with E-state index in [0.29, 0.717) is 5.56 Å². The maximum absolute atomic E-state index is 12.9. The van der Waals surface area contributed by atoms with Gasteiger partial charge in [0.05, 0.1) is 17.1 Å². The molecular weight excluding hydrogens is 338 g/mol. The third kappa shape index (κ3) is 3.19. The van der Waals surface area contributed by atoms with Crippen LogP contribution in [0.2, 0.25) is 0 Å². The van der Waals surface area contributed by atoms with Crippen LogP contribution in [0, 0.1) is 5.82 Å². The topological polar surface area (TPSA) is 89.9 Å². The summed E-state index contributed by atoms with van der Waals surface area (Å²) in [6.45, 7) is -0.0633. The fourth-order valence-electron chi connectivity index (χ4n) is 2.41. The molecule has 1 N–H and O–H groups in total. The lowest BCUT2D eigenvalue weighted by atomic mass is 9.79. The molecule has 0 spiro atoms. The van der Waals surface area contributed by atoms with Crippen LogP contribution in [0.3, 0.4) is 0 Å². The van der Waals surface area contributed by atoms with Gasteiger partial charge in [-0.3, -0.25) is 0 Å². The van der Waals surface area contributed by atoms with Crippen molar-refractivity contribution in [2.24, 2.45) is 0 Å². The van der Waals surface area contributed by atoms with Gasteiger partial charge in [-0.25, -0.2) is 17.6 Å². The molecule has 2 aromatic carbocycles. The van der Waals surface area contributed by atoms with Gasteiger partial charge in [0.1, 0.15) is 11.6 Å². The first-order chi connectivity index (χ1) is 11.3. The normalized spacial score (nSPS) is 13.7. The molecule has 1 aliphatic heterocycles. The molecule has 3 rings (SSSR count). The first-order valence-corrected chi connectivity index (χ1v) is 8.79. The molecule has 6 nitrogen and oxygen atoms in total. The summed E-state index contributed by atoms with van der Waals surface area (Å²) in [6.07, 6.45) is 1.00. The molecule has 1 aliphatic rings. The number of sulfone groups is 1. The number of hydrogen-bond donors (Lipinski definition) is 1. The summed E-state index contributed by atoms with van der Waals surface area (Å²) in [5.74, 6) is -1.19. The second-order valence-corrected chi connectivity index (χ2v) is 7.31. The largest absolute Gasteiger partial charge is 0.491 e. The van der Waals surface area contributed by atoms with E-state index in [9.17, 15) is 22.6 Å². The number of fused-ring (bicyclic) bond motifs is 1. The lowest BCUT2D eigenvalue weighted by Crippen LogP contribution is -2.30. The average molecular weight is 350 g/mol. The van der Waals surface area contributed by atoms with E-state index in [2.05, 4.69) is 0 Å². The fourth-order valence-corrected chi connectivity index (χ4v) is 3.38. The van der Waals surface area contributed by atoms with Crippen molar-refractivity contribution in [1.82, 2.24) is 0 Å². The Morgan fingerprint density at radius 1 is 1.29 bits per heavy atom. The highest BCUT2D eigenvalue weighted by Crippen LogP contribution is 2.23. The number of carbonyl (C=O) groups excluding carboxylic acids is 1. The Labute approximate surface area is 137 Å². The van der Waals surface area contributed by atoms with E-state index < -0.39 is 28.7 Å². The summed E-state index contributed by atoms with van der Waals surface area (Å²) in [7, 11) is -4.94. The van der Waals surface area contributed by atoms with Gasteiger partial charge in [0.2, 0.25) is 0 Å². The van der Waals surface area contributed by atoms with Crippen molar-refractivity contribution in [3.05, 3.63) is 53.3 Å². The van der Waals surface area contributed by atoms with E-state index in [1.54, 1.807) is 0 Å². The van der Waals surface area contributed by atoms with E-state index in [1.807, 2.05) is 0 Å². The van der Waals surface area contributed by atoms with Crippen LogP contribution in [0.4, 0.5) is 4.39 Å². The molecule has 0 saturated carbocycles. The minimum atomic E-state index is -3.63. The number of benzene rings is 2. The number of esters is 1. The number of rotatable bonds is 3. The highest BCUT2D eigenvalue weighted by molar-refractivity contribution is 7.90. The van der Waals surface area contributed by atoms with Crippen molar-refractivity contribution < 1.29 is 32.0 Å². The van der Waals surface area contributed by atoms with Gasteiger partial charge in [-0.2, -0.15) is 0 Å². The van der Waals surface area contributed by atoms with Crippen LogP contribution in [0.1, 0.15) is 15.9 Å². The molecule has 124 valence electrons. The minimum Gasteiger partial charge on any atom is -0.423 e. The molecule has 0 aliphatic carbocycles. The van der Waals surface area contributed by atoms with Gasteiger partial charge in [-0.1, -0.05) is 0 Å². The quantitative estimate of drug-likeness (QED) is 0.497. The molecule has 0 fully saturated rings. The Kier molecular flexibility index (Phi) is 4.16. The highest BCUT2D eigenvalue weighted by Gasteiger charge is 2.33. The molecule has 0 bridgehead atoms. The minimum absolute atomic E-state index is 0.0527. The fraction of sp³-hybridized carbons (Fsp3) is 0.133. The van der Waals surface area contributed by atoms with Crippen LogP contribution in [0.25, 0.3) is 0 Å². The monoisotopic (exact) mass is 350 g/mol. The molecule has 0 aromatic heterocycles. The zero-order chi connectivity index (χ0) is 17.5. The molecule has 0 amide bonds. The van der Waals surface area contributed by atoms with Crippen LogP contribution >= 0.6 is 0 Å². The van der Waals surface area contributed by atoms with Gasteiger partial charge in [-0.15, -0.1) is 0 Å². The Bertz CT molecular complexity index is 910. The van der Waals surface area contributed by atoms with Crippen molar-refractivity contribution >= 4 is 28.4 Å². The molecule has 24 heavy (non-hydrogen) atoms. The average Bonchev–Trinajstić information content (AvgIpc) is 2.89. The summed E-state index contributed by atoms with van der Waals surface area (Å²) in [6, 6.07) is 7.32. The van der Waals surface area contributed by atoms with Crippen LogP contribution in [0.5, 0.6) is 5.75 Å². The Balaban J connectivity index is 2.00. The van der Waals surface area contributed by atoms with Crippen molar-refractivity contribution in [2.75, 3.05) is 6.26 Å². The number of halogens is 1. The molecule has 0 unspecified atom stereocenters. The highest BCUT2D eigenvalue weighted by atomic mass is 32.2. The number of hydrogen-bond acceptors (Lipinski definition) is 6. The summed E-state index contributed by atoms with van der Waals surface area (Å²) >= 11 is 0. The van der Waals surface area contributed by atoms with Crippen LogP contribution < -0.4 is 10.2 Å². The molecule has 0 atom stereocenters. The lowest BCUT2D eigenvalue weighted by Gasteiger charge is -2.10. The summed E-state index contributed by atoms with van der Waals surface area (Å²) in [4.78, 5) is 12.2. The molecule has 2 aromatic rings. The second-order valence-electron chi connectivity index (χ2n) is 5.32. The third-order valence-corrected chi connectivity index (χ3v) is 4.72. The summed E-state index contributed by atoms with van der Waals surface area (Å²) in [5.41, 5.74) is 0.482. The Hall–Kier alpha value is -2.23. The van der Waals surface area contributed by atoms with Crippen molar-refractivity contribution in [1.29, 1.82) is 0 Å². The van der Waals surface area contributed by atoms with E-state index in [0.717, 1.165) is 18.4 Å². The van der Waals surface area contributed by atoms with Gasteiger partial charge in [0.25, 0.3) is 0 Å². The van der Waals surface area contributed by atoms with Gasteiger partial charge in [-0.05, 0) is 47.4 Å². The van der Waals surface area contributed by atoms with E-state index in [1.165, 1.54) is 24.3 Å². The smallest absolute Gasteiger partial charge is 0.423 e. The Morgan fingerprint density at radius 2 is 1.96 bits per heavy atom. The van der Waals surface area contributed by atoms with Gasteiger partial charge >= 0.3 is 13.1 Å². The zero-order valence-electron chi connectivity index (χ0n) is 12.5. The second kappa shape index (κ2) is 6.01. The van der Waals surface area contributed by atoms with Crippen LogP contribution in [-0.4, -0.2) is 32.8 Å². The first kappa shape index (κ1) is 16.6. The first-order valence-electron chi connectivity index (χ1n) is 6.90. The molecule has 0 saturated heterocycles. The molecule has 1 heterocycles. The van der Waals surface area contributed by atoms with Crippen molar-refractivity contribution in [3.8, 4) is 5.75 Å². The zero-order valence-corrected chi connectivity index (χ0v) is 13.3. The van der Waals surface area contributed by atoms with Crippen LogP contribution in [-0.2, 0) is 21.1 Å². The van der Waals surface area contributed by atoms with Crippen molar-refractivity contribution in [2.45, 2.75) is 11.5 Å². The van der Waals surface area contributed by atoms with E-state index >= 15 is 0 Å². The van der Waals surface area contributed by atoms with Gasteiger partial charge in [0.15, 0.2) is 9.84 Å². The SMILES string of the molecule is CS(=O)(=O)c1cc(C(=O)Oc2ccc(F)cc2)cc2c1COB2O. The summed E-state index contributed by atoms with van der Waals surface area (Å²) in [5, 5.41) is 9.79. The van der Waals surface area contributed by atoms with E-state index in [4.69, 9.17) is 9.39 Å². The predicted octanol–water partition coefficient (Wildman–Crippen LogP) is 0.666. The van der Waals surface area contributed by atoms with Crippen LogP contribution in [0.15, 0.2) is 41.3 Å². The number of ether oxygens (including phenoxy) is 1. The van der Waals surface area contributed by atoms with Gasteiger partial charge < -0.3 is 14.4 Å². The van der Waals surface area contributed by atoms with Crippen molar-refractivity contribution in [3.63, 3.8) is 0 Å². The molecule has 9 heteroatoms. The van der Waals surface area contributed by atoms with Gasteiger partial charge in [0, 0.05) is 6.26 Å². The summed E-state index contributed by atoms with van der Waals surface area (Å²) < 4.78 is 46.9. The standard InChI is InChI=1S/C15H12BFO6S/c1-24(20,21)14-7-9(6-13-12(14)8-22-16(13)19)15(18)23-11-4-2-10(17)3-5-11/h2-7,19H,8H2,1H3. The lowest BCUT2D eigenvalue weighted by molar-refractivity contribution is 0.0734. The third-order valence-electron chi connectivity index (χ3n) is 3.55. The Morgan fingerprint density at radius 3 is 2.58 bits per heavy atom. The number of carbonyl (C=O) groups is 1.